The average Bonchev–Trinajstić information content (AvgIpc) is 2.83. The average molecular weight is 251 g/mol. The highest BCUT2D eigenvalue weighted by atomic mass is 32.1. The topological polar surface area (TPSA) is 42.4 Å². The summed E-state index contributed by atoms with van der Waals surface area (Å²) in [5.74, 6) is 0.186. The Hall–Kier alpha value is -1.46. The van der Waals surface area contributed by atoms with Crippen LogP contribution < -0.4 is 4.74 Å². The Labute approximate surface area is 102 Å². The first-order chi connectivity index (χ1) is 8.24. The van der Waals surface area contributed by atoms with Crippen LogP contribution in [0.4, 0.5) is 4.39 Å². The molecule has 0 amide bonds. The lowest BCUT2D eigenvalue weighted by Crippen LogP contribution is -2.18. The maximum absolute atomic E-state index is 13.1. The molecule has 0 saturated carbocycles. The van der Waals surface area contributed by atoms with Crippen molar-refractivity contribution in [2.45, 2.75) is 18.6 Å². The zero-order chi connectivity index (χ0) is 11.8. The highest BCUT2D eigenvalue weighted by Crippen LogP contribution is 2.41. The second-order valence-corrected chi connectivity index (χ2v) is 4.86. The van der Waals surface area contributed by atoms with Crippen LogP contribution in [0, 0.1) is 5.82 Å². The van der Waals surface area contributed by atoms with Gasteiger partial charge in [0.1, 0.15) is 17.7 Å². The van der Waals surface area contributed by atoms with Gasteiger partial charge in [-0.1, -0.05) is 0 Å². The number of nitrogens with zero attached hydrogens (tertiary/aromatic N) is 1. The van der Waals surface area contributed by atoms with Crippen molar-refractivity contribution < 1.29 is 14.2 Å². The standard InChI is InChI=1S/C12H10FNO2S/c13-7-1-2-10-8(3-7)9(15)4-11(16-10)12-5-14-6-17-12/h1-3,5-6,9,11,15H,4H2. The van der Waals surface area contributed by atoms with Gasteiger partial charge in [-0.2, -0.15) is 0 Å². The van der Waals surface area contributed by atoms with Crippen molar-refractivity contribution in [3.8, 4) is 5.75 Å². The molecule has 0 radical (unpaired) electrons. The molecule has 2 atom stereocenters. The van der Waals surface area contributed by atoms with Gasteiger partial charge in [0.15, 0.2) is 0 Å². The molecular weight excluding hydrogens is 241 g/mol. The van der Waals surface area contributed by atoms with Crippen molar-refractivity contribution in [3.63, 3.8) is 0 Å². The van der Waals surface area contributed by atoms with Crippen molar-refractivity contribution in [2.24, 2.45) is 0 Å². The number of aliphatic hydroxyl groups is 1. The molecule has 3 nitrogen and oxygen atoms in total. The smallest absolute Gasteiger partial charge is 0.137 e. The van der Waals surface area contributed by atoms with Gasteiger partial charge in [0.05, 0.1) is 16.5 Å². The van der Waals surface area contributed by atoms with E-state index in [0.29, 0.717) is 17.7 Å². The fourth-order valence-corrected chi connectivity index (χ4v) is 2.64. The third kappa shape index (κ3) is 1.92. The lowest BCUT2D eigenvalue weighted by molar-refractivity contribution is 0.0669. The van der Waals surface area contributed by atoms with Crippen LogP contribution in [-0.4, -0.2) is 10.1 Å². The number of benzene rings is 1. The molecule has 2 heterocycles. The molecular formula is C12H10FNO2S. The molecule has 0 bridgehead atoms. The highest BCUT2D eigenvalue weighted by Gasteiger charge is 2.29. The second kappa shape index (κ2) is 4.09. The zero-order valence-electron chi connectivity index (χ0n) is 8.84. The molecule has 0 saturated heterocycles. The van der Waals surface area contributed by atoms with Crippen LogP contribution in [0.3, 0.4) is 0 Å². The van der Waals surface area contributed by atoms with Crippen LogP contribution in [0.15, 0.2) is 29.9 Å². The van der Waals surface area contributed by atoms with Crippen LogP contribution in [0.5, 0.6) is 5.75 Å². The molecule has 1 aliphatic rings. The normalized spacial score (nSPS) is 22.9. The molecule has 2 unspecified atom stereocenters. The molecule has 1 N–H and O–H groups in total. The van der Waals surface area contributed by atoms with Gasteiger partial charge >= 0.3 is 0 Å². The monoisotopic (exact) mass is 251 g/mol. The molecule has 0 aliphatic carbocycles. The number of hydrogen-bond acceptors (Lipinski definition) is 4. The number of rotatable bonds is 1. The summed E-state index contributed by atoms with van der Waals surface area (Å²) in [6.45, 7) is 0. The van der Waals surface area contributed by atoms with Crippen molar-refractivity contribution in [1.82, 2.24) is 4.98 Å². The van der Waals surface area contributed by atoms with E-state index in [1.807, 2.05) is 0 Å². The molecule has 0 spiro atoms. The maximum Gasteiger partial charge on any atom is 0.137 e. The number of halogens is 1. The molecule has 1 aromatic heterocycles. The maximum atomic E-state index is 13.1. The number of hydrogen-bond donors (Lipinski definition) is 1. The Morgan fingerprint density at radius 1 is 1.47 bits per heavy atom. The van der Waals surface area contributed by atoms with Gasteiger partial charge in [0.2, 0.25) is 0 Å². The molecule has 3 rings (SSSR count). The van der Waals surface area contributed by atoms with Crippen molar-refractivity contribution in [2.75, 3.05) is 0 Å². The lowest BCUT2D eigenvalue weighted by atomic mass is 9.98. The first-order valence-electron chi connectivity index (χ1n) is 5.26. The summed E-state index contributed by atoms with van der Waals surface area (Å²) < 4.78 is 18.8. The predicted octanol–water partition coefficient (Wildman–Crippen LogP) is 2.84. The Morgan fingerprint density at radius 2 is 2.35 bits per heavy atom. The molecule has 2 aromatic rings. The van der Waals surface area contributed by atoms with E-state index in [4.69, 9.17) is 4.74 Å². The molecule has 0 fully saturated rings. The third-order valence-corrected chi connectivity index (χ3v) is 3.67. The number of aromatic nitrogens is 1. The van der Waals surface area contributed by atoms with Crippen molar-refractivity contribution in [3.05, 3.63) is 46.2 Å². The summed E-state index contributed by atoms with van der Waals surface area (Å²) in [6, 6.07) is 4.21. The highest BCUT2D eigenvalue weighted by molar-refractivity contribution is 7.09. The van der Waals surface area contributed by atoms with E-state index in [0.717, 1.165) is 4.88 Å². The van der Waals surface area contributed by atoms with E-state index in [2.05, 4.69) is 4.98 Å². The van der Waals surface area contributed by atoms with E-state index in [9.17, 15) is 9.50 Å². The lowest BCUT2D eigenvalue weighted by Gasteiger charge is -2.28. The number of aliphatic hydroxyl groups excluding tert-OH is 1. The van der Waals surface area contributed by atoms with Gasteiger partial charge in [-0.3, -0.25) is 4.98 Å². The van der Waals surface area contributed by atoms with Crippen molar-refractivity contribution >= 4 is 11.3 Å². The van der Waals surface area contributed by atoms with Crippen LogP contribution >= 0.6 is 11.3 Å². The number of fused-ring (bicyclic) bond motifs is 1. The van der Waals surface area contributed by atoms with E-state index >= 15 is 0 Å². The van der Waals surface area contributed by atoms with Gasteiger partial charge in [-0.25, -0.2) is 4.39 Å². The Balaban J connectivity index is 1.96. The number of ether oxygens (including phenoxy) is 1. The Bertz CT molecular complexity index is 529. The van der Waals surface area contributed by atoms with Crippen LogP contribution in [0.2, 0.25) is 0 Å². The SMILES string of the molecule is OC1CC(c2cncs2)Oc2ccc(F)cc21. The summed E-state index contributed by atoms with van der Waals surface area (Å²) in [5.41, 5.74) is 2.25. The minimum absolute atomic E-state index is 0.199. The first kappa shape index (κ1) is 10.7. The van der Waals surface area contributed by atoms with Crippen LogP contribution in [0.25, 0.3) is 0 Å². The summed E-state index contributed by atoms with van der Waals surface area (Å²) in [5, 5.41) is 9.99. The quantitative estimate of drug-likeness (QED) is 0.847. The van der Waals surface area contributed by atoms with E-state index in [-0.39, 0.29) is 11.9 Å². The van der Waals surface area contributed by atoms with Gasteiger partial charge in [-0.15, -0.1) is 11.3 Å². The minimum Gasteiger partial charge on any atom is -0.484 e. The summed E-state index contributed by atoms with van der Waals surface area (Å²) in [6.07, 6.45) is 1.27. The molecule has 17 heavy (non-hydrogen) atoms. The van der Waals surface area contributed by atoms with Gasteiger partial charge in [0.25, 0.3) is 0 Å². The van der Waals surface area contributed by atoms with E-state index in [1.54, 1.807) is 17.8 Å². The largest absolute Gasteiger partial charge is 0.484 e. The van der Waals surface area contributed by atoms with E-state index in [1.165, 1.54) is 23.5 Å². The Kier molecular flexibility index (Phi) is 2.57. The second-order valence-electron chi connectivity index (χ2n) is 3.94. The summed E-state index contributed by atoms with van der Waals surface area (Å²) >= 11 is 1.49. The fourth-order valence-electron chi connectivity index (χ4n) is 1.98. The minimum atomic E-state index is -0.693. The summed E-state index contributed by atoms with van der Waals surface area (Å²) in [7, 11) is 0. The molecule has 1 aromatic carbocycles. The molecule has 5 heteroatoms. The third-order valence-electron chi connectivity index (χ3n) is 2.81. The van der Waals surface area contributed by atoms with Gasteiger partial charge in [-0.05, 0) is 18.2 Å². The van der Waals surface area contributed by atoms with Gasteiger partial charge < -0.3 is 9.84 Å². The first-order valence-corrected chi connectivity index (χ1v) is 6.14. The predicted molar refractivity (Wildman–Crippen MR) is 61.5 cm³/mol. The Morgan fingerprint density at radius 3 is 3.12 bits per heavy atom. The fraction of sp³-hybridized carbons (Fsp3) is 0.250. The summed E-state index contributed by atoms with van der Waals surface area (Å²) in [4.78, 5) is 4.96. The van der Waals surface area contributed by atoms with E-state index < -0.39 is 6.10 Å². The molecule has 1 aliphatic heterocycles. The van der Waals surface area contributed by atoms with Crippen LogP contribution in [-0.2, 0) is 0 Å². The zero-order valence-corrected chi connectivity index (χ0v) is 9.65. The van der Waals surface area contributed by atoms with Crippen molar-refractivity contribution in [1.29, 1.82) is 0 Å². The number of thiazole rings is 1. The van der Waals surface area contributed by atoms with Crippen LogP contribution in [0.1, 0.15) is 29.1 Å². The van der Waals surface area contributed by atoms with Gasteiger partial charge in [0, 0.05) is 18.2 Å². The molecule has 88 valence electrons.